The molecule has 0 radical (unpaired) electrons. The van der Waals surface area contributed by atoms with Crippen LogP contribution in [-0.2, 0) is 4.74 Å². The first kappa shape index (κ1) is 31.9. The van der Waals surface area contributed by atoms with E-state index >= 15 is 8.78 Å². The molecule has 2 fully saturated rings. The van der Waals surface area contributed by atoms with E-state index in [1.165, 1.54) is 0 Å². The van der Waals surface area contributed by atoms with E-state index in [1.807, 2.05) is 0 Å². The number of likely N-dealkylation sites (tertiary alicyclic amines) is 1. The molecular formula is C18H18F17NO. The van der Waals surface area contributed by atoms with Gasteiger partial charge in [0.25, 0.3) is 12.1 Å². The van der Waals surface area contributed by atoms with E-state index < -0.39 is 116 Å². The third-order valence-corrected chi connectivity index (χ3v) is 6.19. The van der Waals surface area contributed by atoms with Crippen molar-refractivity contribution in [2.45, 2.75) is 86.7 Å². The number of ether oxygens (including phenoxy) is 1. The number of piperidine rings is 1. The lowest BCUT2D eigenvalue weighted by Gasteiger charge is -2.47. The summed E-state index contributed by atoms with van der Waals surface area (Å²) in [6.45, 7) is -3.94. The van der Waals surface area contributed by atoms with Crippen LogP contribution in [0.2, 0.25) is 0 Å². The molecule has 0 bridgehead atoms. The van der Waals surface area contributed by atoms with Crippen molar-refractivity contribution in [2.24, 2.45) is 11.8 Å². The summed E-state index contributed by atoms with van der Waals surface area (Å²) < 4.78 is 233. The second-order valence-corrected chi connectivity index (χ2v) is 8.91. The van der Waals surface area contributed by atoms with Crippen molar-refractivity contribution in [3.63, 3.8) is 0 Å². The van der Waals surface area contributed by atoms with E-state index in [0.29, 0.717) is 0 Å². The molecule has 2 nitrogen and oxygen atoms in total. The molecule has 0 N–H and O–H groups in total. The largest absolute Gasteiger partial charge is 0.425 e. The second-order valence-electron chi connectivity index (χ2n) is 8.91. The molecule has 2 heterocycles. The molecule has 220 valence electrons. The number of rotatable bonds is 5. The van der Waals surface area contributed by atoms with Crippen molar-refractivity contribution in [3.8, 4) is 0 Å². The van der Waals surface area contributed by atoms with Crippen LogP contribution in [-0.4, -0.2) is 79.0 Å². The van der Waals surface area contributed by atoms with Gasteiger partial charge in [-0.15, -0.1) is 0 Å². The van der Waals surface area contributed by atoms with E-state index in [4.69, 9.17) is 0 Å². The monoisotopic (exact) mass is 587 g/mol. The SMILES string of the molecule is FC(C(F)(F)F)C(F)(F)C1CCCC(C(F)(F)C(N2CC(C(F)(F)F)CC(C(F)(F)F)C2)C(F)(F)F)O1. The highest BCUT2D eigenvalue weighted by atomic mass is 19.4. The Morgan fingerprint density at radius 1 is 0.595 bits per heavy atom. The molecule has 0 aromatic heterocycles. The minimum Gasteiger partial charge on any atom is -0.362 e. The molecule has 0 saturated carbocycles. The first-order valence-corrected chi connectivity index (χ1v) is 10.4. The van der Waals surface area contributed by atoms with Crippen LogP contribution in [0.5, 0.6) is 0 Å². The average Bonchev–Trinajstić information content (AvgIpc) is 2.70. The molecule has 19 heteroatoms. The molecule has 6 unspecified atom stereocenters. The minimum atomic E-state index is -6.25. The fourth-order valence-corrected chi connectivity index (χ4v) is 4.43. The Balaban J connectivity index is 2.44. The van der Waals surface area contributed by atoms with Crippen molar-refractivity contribution in [1.29, 1.82) is 0 Å². The lowest BCUT2D eigenvalue weighted by molar-refractivity contribution is -0.323. The summed E-state index contributed by atoms with van der Waals surface area (Å²) in [4.78, 5) is -0.821. The summed E-state index contributed by atoms with van der Waals surface area (Å²) in [5, 5.41) is 0. The third kappa shape index (κ3) is 7.03. The first-order valence-electron chi connectivity index (χ1n) is 10.4. The maximum absolute atomic E-state index is 15.1. The third-order valence-electron chi connectivity index (χ3n) is 6.19. The minimum absolute atomic E-state index is 0.821. The predicted octanol–water partition coefficient (Wildman–Crippen LogP) is 7.09. The summed E-state index contributed by atoms with van der Waals surface area (Å²) in [7, 11) is 0. The summed E-state index contributed by atoms with van der Waals surface area (Å²) in [5.74, 6) is -17.3. The van der Waals surface area contributed by atoms with Gasteiger partial charge >= 0.3 is 30.6 Å². The van der Waals surface area contributed by atoms with Gasteiger partial charge in [0.15, 0.2) is 6.04 Å². The van der Waals surface area contributed by atoms with E-state index in [-0.39, 0.29) is 0 Å². The highest BCUT2D eigenvalue weighted by Gasteiger charge is 2.68. The van der Waals surface area contributed by atoms with Gasteiger partial charge in [-0.2, -0.15) is 52.7 Å². The Morgan fingerprint density at radius 3 is 1.35 bits per heavy atom. The van der Waals surface area contributed by atoms with Crippen LogP contribution in [0.3, 0.4) is 0 Å². The fraction of sp³-hybridized carbons (Fsp3) is 1.00. The zero-order chi connectivity index (χ0) is 29.0. The van der Waals surface area contributed by atoms with Gasteiger partial charge in [-0.25, -0.2) is 22.0 Å². The second kappa shape index (κ2) is 10.0. The van der Waals surface area contributed by atoms with Crippen molar-refractivity contribution in [2.75, 3.05) is 13.1 Å². The van der Waals surface area contributed by atoms with E-state index in [2.05, 4.69) is 4.74 Å². The average molecular weight is 587 g/mol. The fourth-order valence-electron chi connectivity index (χ4n) is 4.43. The molecule has 2 aliphatic heterocycles. The lowest BCUT2D eigenvalue weighted by atomic mass is 9.85. The number of hydrogen-bond donors (Lipinski definition) is 0. The summed E-state index contributed by atoms with van der Waals surface area (Å²) >= 11 is 0. The molecule has 0 aliphatic carbocycles. The standard InChI is InChI=1S/C18H18F17NO/c19-11(17(30,31)32)13(20,21)9-2-1-3-10(37-9)14(22,23)12(18(33,34)35)36-5-7(15(24,25)26)4-8(6-36)16(27,28)29/h7-12H,1-6H2. The summed E-state index contributed by atoms with van der Waals surface area (Å²) in [5.41, 5.74) is 0. The molecule has 6 atom stereocenters. The van der Waals surface area contributed by atoms with E-state index in [0.717, 1.165) is 0 Å². The highest BCUT2D eigenvalue weighted by Crippen LogP contribution is 2.49. The van der Waals surface area contributed by atoms with Crippen LogP contribution in [0.4, 0.5) is 74.6 Å². The van der Waals surface area contributed by atoms with Crippen LogP contribution in [0.1, 0.15) is 25.7 Å². The molecule has 2 saturated heterocycles. The van der Waals surface area contributed by atoms with Crippen LogP contribution in [0.25, 0.3) is 0 Å². The van der Waals surface area contributed by atoms with Crippen LogP contribution >= 0.6 is 0 Å². The first-order chi connectivity index (χ1) is 16.3. The van der Waals surface area contributed by atoms with Gasteiger partial charge in [-0.1, -0.05) is 0 Å². The number of alkyl halides is 17. The Morgan fingerprint density at radius 2 is 1.00 bits per heavy atom. The van der Waals surface area contributed by atoms with Crippen molar-refractivity contribution >= 4 is 0 Å². The number of halogens is 17. The van der Waals surface area contributed by atoms with E-state index in [1.54, 1.807) is 0 Å². The van der Waals surface area contributed by atoms with Crippen LogP contribution in [0, 0.1) is 11.8 Å². The maximum Gasteiger partial charge on any atom is 0.425 e. The van der Waals surface area contributed by atoms with Crippen LogP contribution < -0.4 is 0 Å². The van der Waals surface area contributed by atoms with Crippen LogP contribution in [0.15, 0.2) is 0 Å². The molecule has 0 aromatic carbocycles. The number of hydrogen-bond acceptors (Lipinski definition) is 2. The Hall–Kier alpha value is -1.27. The van der Waals surface area contributed by atoms with Gasteiger partial charge in [-0.3, -0.25) is 4.90 Å². The zero-order valence-corrected chi connectivity index (χ0v) is 18.0. The van der Waals surface area contributed by atoms with Gasteiger partial charge in [0.05, 0.1) is 11.8 Å². The van der Waals surface area contributed by atoms with Gasteiger partial charge in [0.2, 0.25) is 0 Å². The molecule has 37 heavy (non-hydrogen) atoms. The molecule has 0 aromatic rings. The van der Waals surface area contributed by atoms with Crippen molar-refractivity contribution in [3.05, 3.63) is 0 Å². The Bertz CT molecular complexity index is 748. The van der Waals surface area contributed by atoms with E-state index in [9.17, 15) is 65.9 Å². The molecule has 2 rings (SSSR count). The van der Waals surface area contributed by atoms with Gasteiger partial charge in [-0.05, 0) is 25.7 Å². The Kier molecular flexibility index (Phi) is 8.67. The van der Waals surface area contributed by atoms with Gasteiger partial charge < -0.3 is 4.74 Å². The zero-order valence-electron chi connectivity index (χ0n) is 18.0. The van der Waals surface area contributed by atoms with Gasteiger partial charge in [0, 0.05) is 13.1 Å². The highest BCUT2D eigenvalue weighted by molar-refractivity contribution is 5.02. The van der Waals surface area contributed by atoms with Gasteiger partial charge in [0.1, 0.15) is 12.2 Å². The number of nitrogens with zero attached hydrogens (tertiary/aromatic N) is 1. The smallest absolute Gasteiger partial charge is 0.362 e. The summed E-state index contributed by atoms with van der Waals surface area (Å²) in [6.07, 6.45) is -40.3. The normalized spacial score (nSPS) is 29.8. The molecule has 0 spiro atoms. The lowest BCUT2D eigenvalue weighted by Crippen LogP contribution is -2.66. The Labute approximate surface area is 197 Å². The summed E-state index contributed by atoms with van der Waals surface area (Å²) in [6, 6.07) is -4.42. The van der Waals surface area contributed by atoms with Crippen molar-refractivity contribution in [1.82, 2.24) is 4.90 Å². The quantitative estimate of drug-likeness (QED) is 0.319. The molecular weight excluding hydrogens is 569 g/mol. The maximum atomic E-state index is 15.1. The molecule has 0 amide bonds. The molecule has 2 aliphatic rings. The topological polar surface area (TPSA) is 12.5 Å². The predicted molar refractivity (Wildman–Crippen MR) is 88.5 cm³/mol. The van der Waals surface area contributed by atoms with Crippen molar-refractivity contribution < 1.29 is 79.4 Å².